The fraction of sp³-hybridized carbons (Fsp3) is 0.429. The van der Waals surface area contributed by atoms with Crippen molar-refractivity contribution in [1.29, 1.82) is 0 Å². The molecule has 0 radical (unpaired) electrons. The predicted molar refractivity (Wildman–Crippen MR) is 79.1 cm³/mol. The van der Waals surface area contributed by atoms with Crippen LogP contribution in [0.4, 0.5) is 5.69 Å². The number of nitrogens with one attached hydrogen (secondary N) is 1. The van der Waals surface area contributed by atoms with Crippen molar-refractivity contribution in [3.05, 3.63) is 28.8 Å². The van der Waals surface area contributed by atoms with Crippen molar-refractivity contribution >= 4 is 29.2 Å². The van der Waals surface area contributed by atoms with Crippen LogP contribution in [-0.4, -0.2) is 23.5 Å². The molecule has 4 N–H and O–H groups in total. The molecule has 1 aromatic carbocycles. The maximum absolute atomic E-state index is 11.3. The van der Waals surface area contributed by atoms with Gasteiger partial charge in [0, 0.05) is 23.7 Å². The Bertz CT molecular complexity index is 491. The Morgan fingerprint density at radius 3 is 2.70 bits per heavy atom. The van der Waals surface area contributed by atoms with E-state index in [4.69, 9.17) is 22.4 Å². The molecule has 0 spiro atoms. The van der Waals surface area contributed by atoms with Gasteiger partial charge in [-0.15, -0.1) is 0 Å². The van der Waals surface area contributed by atoms with E-state index in [1.807, 2.05) is 6.92 Å². The van der Waals surface area contributed by atoms with E-state index < -0.39 is 11.9 Å². The van der Waals surface area contributed by atoms with E-state index in [0.29, 0.717) is 35.2 Å². The summed E-state index contributed by atoms with van der Waals surface area (Å²) in [5.74, 6) is -1.02. The second-order valence-electron chi connectivity index (χ2n) is 4.81. The van der Waals surface area contributed by atoms with Gasteiger partial charge in [0.05, 0.1) is 5.56 Å². The molecule has 1 aromatic rings. The molecular weight excluding hydrogens is 280 g/mol. The largest absolute Gasteiger partial charge is 0.481 e. The van der Waals surface area contributed by atoms with Gasteiger partial charge in [-0.3, -0.25) is 9.59 Å². The van der Waals surface area contributed by atoms with Gasteiger partial charge < -0.3 is 16.2 Å². The number of nitrogens with two attached hydrogens (primary N) is 1. The van der Waals surface area contributed by atoms with Crippen LogP contribution in [-0.2, 0) is 4.79 Å². The molecule has 20 heavy (non-hydrogen) atoms. The van der Waals surface area contributed by atoms with Crippen molar-refractivity contribution in [2.45, 2.75) is 26.2 Å². The minimum atomic E-state index is -0.779. The fourth-order valence-electron chi connectivity index (χ4n) is 1.84. The lowest BCUT2D eigenvalue weighted by Gasteiger charge is -2.13. The van der Waals surface area contributed by atoms with Crippen LogP contribution in [0.15, 0.2) is 18.2 Å². The van der Waals surface area contributed by atoms with E-state index in [-0.39, 0.29) is 6.42 Å². The van der Waals surface area contributed by atoms with Crippen LogP contribution in [0.25, 0.3) is 0 Å². The molecule has 1 rings (SSSR count). The molecule has 0 aromatic heterocycles. The van der Waals surface area contributed by atoms with Crippen molar-refractivity contribution in [1.82, 2.24) is 0 Å². The molecule has 0 aliphatic carbocycles. The summed E-state index contributed by atoms with van der Waals surface area (Å²) < 4.78 is 0. The highest BCUT2D eigenvalue weighted by Gasteiger charge is 2.10. The van der Waals surface area contributed by atoms with Gasteiger partial charge in [-0.2, -0.15) is 0 Å². The van der Waals surface area contributed by atoms with Crippen molar-refractivity contribution in [2.75, 3.05) is 11.9 Å². The third kappa shape index (κ3) is 5.48. The summed E-state index contributed by atoms with van der Waals surface area (Å²) in [5.41, 5.74) is 6.30. The highest BCUT2D eigenvalue weighted by molar-refractivity contribution is 6.31. The van der Waals surface area contributed by atoms with Gasteiger partial charge in [-0.25, -0.2) is 0 Å². The first-order valence-corrected chi connectivity index (χ1v) is 6.83. The molecule has 0 aliphatic rings. The molecule has 1 unspecified atom stereocenters. The monoisotopic (exact) mass is 298 g/mol. The number of rotatable bonds is 8. The summed E-state index contributed by atoms with van der Waals surface area (Å²) in [6.45, 7) is 2.64. The van der Waals surface area contributed by atoms with Crippen LogP contribution in [0.2, 0.25) is 5.02 Å². The molecule has 0 fully saturated rings. The first-order chi connectivity index (χ1) is 9.40. The highest BCUT2D eigenvalue weighted by atomic mass is 35.5. The molecule has 0 heterocycles. The van der Waals surface area contributed by atoms with Crippen molar-refractivity contribution < 1.29 is 14.7 Å². The molecule has 6 heteroatoms. The van der Waals surface area contributed by atoms with Crippen LogP contribution in [0.5, 0.6) is 0 Å². The number of amides is 1. The minimum absolute atomic E-state index is 0.175. The molecular formula is C14H19ClN2O3. The molecule has 0 bridgehead atoms. The number of carbonyl (C=O) groups excluding carboxylic acids is 1. The number of hydrogen-bond acceptors (Lipinski definition) is 3. The average Bonchev–Trinajstić information content (AvgIpc) is 2.37. The summed E-state index contributed by atoms with van der Waals surface area (Å²) in [4.78, 5) is 21.8. The van der Waals surface area contributed by atoms with Gasteiger partial charge in [0.15, 0.2) is 0 Å². The Hall–Kier alpha value is -1.75. The minimum Gasteiger partial charge on any atom is -0.481 e. The molecule has 110 valence electrons. The Balaban J connectivity index is 2.49. The number of anilines is 1. The van der Waals surface area contributed by atoms with Crippen molar-refractivity contribution in [3.8, 4) is 0 Å². The smallest absolute Gasteiger partial charge is 0.303 e. The van der Waals surface area contributed by atoms with E-state index >= 15 is 0 Å². The molecule has 0 aliphatic heterocycles. The number of benzene rings is 1. The van der Waals surface area contributed by atoms with Gasteiger partial charge in [0.25, 0.3) is 5.91 Å². The Morgan fingerprint density at radius 2 is 2.10 bits per heavy atom. The van der Waals surface area contributed by atoms with Crippen LogP contribution in [0, 0.1) is 5.92 Å². The number of carbonyl (C=O) groups is 2. The van der Waals surface area contributed by atoms with E-state index in [0.717, 1.165) is 6.42 Å². The van der Waals surface area contributed by atoms with Gasteiger partial charge in [-0.1, -0.05) is 18.5 Å². The molecule has 1 atom stereocenters. The summed E-state index contributed by atoms with van der Waals surface area (Å²) in [6.07, 6.45) is 1.63. The standard InChI is InChI=1S/C14H19ClN2O3/c1-9(2-5-13(18)19)6-7-17-12-4-3-10(15)8-11(12)14(16)20/h3-4,8-9,17H,2,5-7H2,1H3,(H2,16,20)(H,18,19). The van der Waals surface area contributed by atoms with E-state index in [1.54, 1.807) is 12.1 Å². The number of primary amides is 1. The van der Waals surface area contributed by atoms with Crippen LogP contribution in [0.1, 0.15) is 36.5 Å². The summed E-state index contributed by atoms with van der Waals surface area (Å²) in [7, 11) is 0. The second-order valence-corrected chi connectivity index (χ2v) is 5.24. The summed E-state index contributed by atoms with van der Waals surface area (Å²) >= 11 is 5.83. The van der Waals surface area contributed by atoms with Crippen molar-refractivity contribution in [2.24, 2.45) is 11.7 Å². The first kappa shape index (κ1) is 16.3. The second kappa shape index (κ2) is 7.75. The third-order valence-electron chi connectivity index (χ3n) is 3.05. The van der Waals surface area contributed by atoms with Crippen LogP contribution in [0.3, 0.4) is 0 Å². The highest BCUT2D eigenvalue weighted by Crippen LogP contribution is 2.21. The zero-order valence-corrected chi connectivity index (χ0v) is 12.1. The quantitative estimate of drug-likeness (QED) is 0.688. The zero-order valence-electron chi connectivity index (χ0n) is 11.4. The molecule has 5 nitrogen and oxygen atoms in total. The Kier molecular flexibility index (Phi) is 6.31. The molecule has 0 saturated heterocycles. The number of hydrogen-bond donors (Lipinski definition) is 3. The average molecular weight is 299 g/mol. The maximum Gasteiger partial charge on any atom is 0.303 e. The van der Waals surface area contributed by atoms with E-state index in [9.17, 15) is 9.59 Å². The lowest BCUT2D eigenvalue weighted by Crippen LogP contribution is -2.16. The lowest BCUT2D eigenvalue weighted by atomic mass is 10.0. The van der Waals surface area contributed by atoms with Gasteiger partial charge >= 0.3 is 5.97 Å². The number of aliphatic carboxylic acids is 1. The Morgan fingerprint density at radius 1 is 1.40 bits per heavy atom. The fourth-order valence-corrected chi connectivity index (χ4v) is 2.01. The van der Waals surface area contributed by atoms with E-state index in [1.165, 1.54) is 6.07 Å². The number of carboxylic acid groups (broad SMARTS) is 1. The number of halogens is 1. The normalized spacial score (nSPS) is 11.9. The maximum atomic E-state index is 11.3. The SMILES string of the molecule is CC(CCNc1ccc(Cl)cc1C(N)=O)CCC(=O)O. The lowest BCUT2D eigenvalue weighted by molar-refractivity contribution is -0.137. The van der Waals surface area contributed by atoms with Crippen molar-refractivity contribution in [3.63, 3.8) is 0 Å². The predicted octanol–water partition coefficient (Wildman–Crippen LogP) is 2.74. The topological polar surface area (TPSA) is 92.4 Å². The first-order valence-electron chi connectivity index (χ1n) is 6.45. The zero-order chi connectivity index (χ0) is 15.1. The van der Waals surface area contributed by atoms with Gasteiger partial charge in [0.2, 0.25) is 0 Å². The van der Waals surface area contributed by atoms with Crippen LogP contribution < -0.4 is 11.1 Å². The van der Waals surface area contributed by atoms with E-state index in [2.05, 4.69) is 5.32 Å². The summed E-state index contributed by atoms with van der Waals surface area (Å²) in [5, 5.41) is 12.2. The third-order valence-corrected chi connectivity index (χ3v) is 3.29. The summed E-state index contributed by atoms with van der Waals surface area (Å²) in [6, 6.07) is 4.93. The molecule has 0 saturated carbocycles. The van der Waals surface area contributed by atoms with Gasteiger partial charge in [-0.05, 0) is 37.0 Å². The van der Waals surface area contributed by atoms with Gasteiger partial charge in [0.1, 0.15) is 0 Å². The Labute approximate surface area is 123 Å². The number of carboxylic acids is 1. The van der Waals surface area contributed by atoms with Crippen LogP contribution >= 0.6 is 11.6 Å². The molecule has 1 amide bonds.